The van der Waals surface area contributed by atoms with Crippen LogP contribution >= 0.6 is 15.9 Å². The molecule has 0 atom stereocenters. The third kappa shape index (κ3) is 3.91. The van der Waals surface area contributed by atoms with Gasteiger partial charge in [0.1, 0.15) is 10.6 Å². The Bertz CT molecular complexity index is 1050. The number of nitrogens with one attached hydrogen (secondary N) is 2. The van der Waals surface area contributed by atoms with Gasteiger partial charge in [-0.25, -0.2) is 9.78 Å². The number of ether oxygens (including phenoxy) is 1. The number of amides is 1. The standard InChI is InChI=1S/C15H12BrN3O5S/c1-23-15(20)19-14-17-12-6-5-11(8-13(12)18-14)25(21,22)24-10-4-2-3-9(16)7-10/h2-8H,1H3,(H2,17,18,19,20). The van der Waals surface area contributed by atoms with Gasteiger partial charge in [-0.3, -0.25) is 5.32 Å². The lowest BCUT2D eigenvalue weighted by atomic mass is 10.3. The van der Waals surface area contributed by atoms with Crippen LogP contribution in [-0.4, -0.2) is 31.6 Å². The van der Waals surface area contributed by atoms with Crippen LogP contribution in [0.3, 0.4) is 0 Å². The highest BCUT2D eigenvalue weighted by molar-refractivity contribution is 9.10. The van der Waals surface area contributed by atoms with Gasteiger partial charge in [-0.05, 0) is 36.4 Å². The van der Waals surface area contributed by atoms with Gasteiger partial charge >= 0.3 is 16.2 Å². The highest BCUT2D eigenvalue weighted by Gasteiger charge is 2.18. The lowest BCUT2D eigenvalue weighted by Crippen LogP contribution is -2.11. The molecule has 0 radical (unpaired) electrons. The molecule has 2 aromatic carbocycles. The molecule has 0 aliphatic heterocycles. The molecule has 0 saturated heterocycles. The van der Waals surface area contributed by atoms with Gasteiger partial charge in [0.05, 0.1) is 18.1 Å². The molecule has 0 spiro atoms. The fourth-order valence-electron chi connectivity index (χ4n) is 2.04. The van der Waals surface area contributed by atoms with Crippen LogP contribution in [0.5, 0.6) is 5.75 Å². The summed E-state index contributed by atoms with van der Waals surface area (Å²) in [6, 6.07) is 10.8. The summed E-state index contributed by atoms with van der Waals surface area (Å²) in [5.41, 5.74) is 0.901. The molecule has 0 bridgehead atoms. The van der Waals surface area contributed by atoms with E-state index >= 15 is 0 Å². The van der Waals surface area contributed by atoms with Crippen LogP contribution in [-0.2, 0) is 14.9 Å². The quantitative estimate of drug-likeness (QED) is 0.620. The Morgan fingerprint density at radius 2 is 2.04 bits per heavy atom. The van der Waals surface area contributed by atoms with Gasteiger partial charge in [0.2, 0.25) is 5.95 Å². The fourth-order valence-corrected chi connectivity index (χ4v) is 3.37. The molecule has 130 valence electrons. The van der Waals surface area contributed by atoms with Crippen molar-refractivity contribution in [2.45, 2.75) is 4.90 Å². The van der Waals surface area contributed by atoms with E-state index < -0.39 is 16.2 Å². The first kappa shape index (κ1) is 17.2. The average Bonchev–Trinajstić information content (AvgIpc) is 2.95. The van der Waals surface area contributed by atoms with Crippen molar-refractivity contribution < 1.29 is 22.1 Å². The van der Waals surface area contributed by atoms with Crippen LogP contribution in [0.15, 0.2) is 51.8 Å². The predicted molar refractivity (Wildman–Crippen MR) is 94.1 cm³/mol. The number of aromatic nitrogens is 2. The fraction of sp³-hybridized carbons (Fsp3) is 0.0667. The van der Waals surface area contributed by atoms with E-state index in [0.717, 1.165) is 0 Å². The lowest BCUT2D eigenvalue weighted by molar-refractivity contribution is 0.186. The van der Waals surface area contributed by atoms with Crippen molar-refractivity contribution >= 4 is 49.1 Å². The van der Waals surface area contributed by atoms with E-state index in [1.54, 1.807) is 18.2 Å². The number of carbonyl (C=O) groups excluding carboxylic acids is 1. The third-order valence-corrected chi connectivity index (χ3v) is 4.89. The third-order valence-electron chi connectivity index (χ3n) is 3.15. The topological polar surface area (TPSA) is 110 Å². The molecular formula is C15H12BrN3O5S. The minimum absolute atomic E-state index is 0.0479. The molecule has 0 aliphatic carbocycles. The number of rotatable bonds is 4. The number of benzene rings is 2. The van der Waals surface area contributed by atoms with E-state index in [2.05, 4.69) is 36.0 Å². The van der Waals surface area contributed by atoms with E-state index in [0.29, 0.717) is 15.5 Å². The first-order valence-corrected chi connectivity index (χ1v) is 9.12. The number of hydrogen-bond donors (Lipinski definition) is 2. The number of halogens is 1. The van der Waals surface area contributed by atoms with E-state index in [1.807, 2.05) is 0 Å². The van der Waals surface area contributed by atoms with Crippen molar-refractivity contribution in [2.75, 3.05) is 12.4 Å². The molecule has 0 aliphatic rings. The van der Waals surface area contributed by atoms with Gasteiger partial charge in [0.25, 0.3) is 0 Å². The highest BCUT2D eigenvalue weighted by Crippen LogP contribution is 2.24. The van der Waals surface area contributed by atoms with Crippen molar-refractivity contribution in [3.8, 4) is 5.75 Å². The van der Waals surface area contributed by atoms with Crippen molar-refractivity contribution in [1.29, 1.82) is 0 Å². The predicted octanol–water partition coefficient (Wildman–Crippen LogP) is 3.27. The van der Waals surface area contributed by atoms with Crippen LogP contribution in [0.2, 0.25) is 0 Å². The van der Waals surface area contributed by atoms with Gasteiger partial charge in [0, 0.05) is 4.47 Å². The number of aromatic amines is 1. The Morgan fingerprint density at radius 3 is 2.76 bits per heavy atom. The second kappa shape index (κ2) is 6.73. The first-order chi connectivity index (χ1) is 11.9. The molecule has 0 unspecified atom stereocenters. The van der Waals surface area contributed by atoms with E-state index in [9.17, 15) is 13.2 Å². The van der Waals surface area contributed by atoms with Crippen LogP contribution < -0.4 is 9.50 Å². The number of anilines is 1. The Hall–Kier alpha value is -2.59. The van der Waals surface area contributed by atoms with Gasteiger partial charge < -0.3 is 13.9 Å². The van der Waals surface area contributed by atoms with Crippen molar-refractivity contribution in [3.63, 3.8) is 0 Å². The molecule has 3 aromatic rings. The maximum atomic E-state index is 12.4. The Kier molecular flexibility index (Phi) is 4.64. The van der Waals surface area contributed by atoms with Crippen LogP contribution in [0.4, 0.5) is 10.7 Å². The molecule has 3 rings (SSSR count). The monoisotopic (exact) mass is 425 g/mol. The summed E-state index contributed by atoms with van der Waals surface area (Å²) in [5.74, 6) is 0.330. The molecule has 10 heteroatoms. The van der Waals surface area contributed by atoms with Crippen LogP contribution in [0.25, 0.3) is 11.0 Å². The minimum Gasteiger partial charge on any atom is -0.453 e. The van der Waals surface area contributed by atoms with Crippen molar-refractivity contribution in [1.82, 2.24) is 9.97 Å². The first-order valence-electron chi connectivity index (χ1n) is 6.92. The van der Waals surface area contributed by atoms with Gasteiger partial charge in [-0.15, -0.1) is 0 Å². The number of methoxy groups -OCH3 is 1. The van der Waals surface area contributed by atoms with Crippen LogP contribution in [0.1, 0.15) is 0 Å². The van der Waals surface area contributed by atoms with Gasteiger partial charge in [-0.2, -0.15) is 8.42 Å². The second-order valence-corrected chi connectivity index (χ2v) is 7.34. The van der Waals surface area contributed by atoms with E-state index in [1.165, 1.54) is 31.4 Å². The summed E-state index contributed by atoms with van der Waals surface area (Å²) in [6.07, 6.45) is -0.690. The Balaban J connectivity index is 1.90. The van der Waals surface area contributed by atoms with Gasteiger partial charge in [0.15, 0.2) is 0 Å². The van der Waals surface area contributed by atoms with E-state index in [-0.39, 0.29) is 16.6 Å². The summed E-state index contributed by atoms with van der Waals surface area (Å²) in [4.78, 5) is 18.1. The summed E-state index contributed by atoms with van der Waals surface area (Å²) >= 11 is 3.25. The largest absolute Gasteiger partial charge is 0.453 e. The number of nitrogens with zero attached hydrogens (tertiary/aromatic N) is 1. The number of H-pyrrole nitrogens is 1. The lowest BCUT2D eigenvalue weighted by Gasteiger charge is -2.07. The zero-order valence-corrected chi connectivity index (χ0v) is 15.2. The van der Waals surface area contributed by atoms with Gasteiger partial charge in [-0.1, -0.05) is 22.0 Å². The average molecular weight is 426 g/mol. The molecule has 1 aromatic heterocycles. The number of fused-ring (bicyclic) bond motifs is 1. The maximum Gasteiger partial charge on any atom is 0.413 e. The molecule has 2 N–H and O–H groups in total. The molecule has 0 fully saturated rings. The normalized spacial score (nSPS) is 11.3. The zero-order chi connectivity index (χ0) is 18.0. The van der Waals surface area contributed by atoms with Crippen molar-refractivity contribution in [3.05, 3.63) is 46.9 Å². The molecule has 8 nitrogen and oxygen atoms in total. The minimum atomic E-state index is -4.02. The molecule has 25 heavy (non-hydrogen) atoms. The zero-order valence-electron chi connectivity index (χ0n) is 12.8. The molecule has 0 saturated carbocycles. The van der Waals surface area contributed by atoms with Crippen molar-refractivity contribution in [2.24, 2.45) is 0 Å². The molecule has 1 amide bonds. The number of imidazole rings is 1. The Labute approximate surface area is 151 Å². The Morgan fingerprint density at radius 1 is 1.24 bits per heavy atom. The smallest absolute Gasteiger partial charge is 0.413 e. The number of carbonyl (C=O) groups is 1. The summed E-state index contributed by atoms with van der Waals surface area (Å²) in [7, 11) is -2.80. The molecular weight excluding hydrogens is 414 g/mol. The molecule has 1 heterocycles. The summed E-state index contributed by atoms with van der Waals surface area (Å²) < 4.78 is 35.1. The SMILES string of the molecule is COC(=O)Nc1nc2ccc(S(=O)(=O)Oc3cccc(Br)c3)cc2[nH]1. The summed E-state index contributed by atoms with van der Waals surface area (Å²) in [6.45, 7) is 0. The summed E-state index contributed by atoms with van der Waals surface area (Å²) in [5, 5.41) is 2.37. The second-order valence-electron chi connectivity index (χ2n) is 4.88. The number of hydrogen-bond acceptors (Lipinski definition) is 6. The maximum absolute atomic E-state index is 12.4. The van der Waals surface area contributed by atoms with E-state index in [4.69, 9.17) is 4.18 Å². The van der Waals surface area contributed by atoms with Crippen LogP contribution in [0, 0.1) is 0 Å². The highest BCUT2D eigenvalue weighted by atomic mass is 79.9.